The molecular formula is C15H20N2O4. The van der Waals surface area contributed by atoms with E-state index in [9.17, 15) is 14.4 Å². The average molecular weight is 292 g/mol. The Kier molecular flexibility index (Phi) is 4.45. The van der Waals surface area contributed by atoms with E-state index in [0.29, 0.717) is 16.8 Å². The fourth-order valence-corrected chi connectivity index (χ4v) is 2.27. The van der Waals surface area contributed by atoms with Gasteiger partial charge in [-0.3, -0.25) is 9.59 Å². The highest BCUT2D eigenvalue weighted by Gasteiger charge is 2.24. The van der Waals surface area contributed by atoms with Crippen molar-refractivity contribution in [2.75, 3.05) is 6.61 Å². The molecule has 1 amide bonds. The van der Waals surface area contributed by atoms with Gasteiger partial charge >= 0.3 is 5.97 Å². The number of esters is 1. The summed E-state index contributed by atoms with van der Waals surface area (Å²) in [4.78, 5) is 35.9. The molecule has 0 unspecified atom stereocenters. The summed E-state index contributed by atoms with van der Waals surface area (Å²) in [7, 11) is 0. The van der Waals surface area contributed by atoms with Crippen molar-refractivity contribution < 1.29 is 14.3 Å². The van der Waals surface area contributed by atoms with Gasteiger partial charge in [0, 0.05) is 17.8 Å². The smallest absolute Gasteiger partial charge is 0.340 e. The predicted molar refractivity (Wildman–Crippen MR) is 77.3 cm³/mol. The first-order valence-corrected chi connectivity index (χ1v) is 7.11. The first kappa shape index (κ1) is 15.3. The lowest BCUT2D eigenvalue weighted by molar-refractivity contribution is -0.121. The molecule has 1 saturated carbocycles. The van der Waals surface area contributed by atoms with Crippen LogP contribution in [0.1, 0.15) is 41.4 Å². The molecule has 114 valence electrons. The first-order valence-electron chi connectivity index (χ1n) is 7.11. The number of pyridine rings is 1. The number of carbonyl (C=O) groups is 2. The molecule has 1 heterocycles. The minimum atomic E-state index is -0.469. The van der Waals surface area contributed by atoms with Gasteiger partial charge in [-0.05, 0) is 39.2 Å². The lowest BCUT2D eigenvalue weighted by atomic mass is 10.1. The number of hydrogen-bond donors (Lipinski definition) is 1. The summed E-state index contributed by atoms with van der Waals surface area (Å²) >= 11 is 0. The van der Waals surface area contributed by atoms with Crippen molar-refractivity contribution in [3.8, 4) is 0 Å². The molecule has 1 aromatic heterocycles. The van der Waals surface area contributed by atoms with Gasteiger partial charge in [0.25, 0.3) is 5.56 Å². The number of ether oxygens (including phenoxy) is 1. The van der Waals surface area contributed by atoms with Crippen molar-refractivity contribution in [1.29, 1.82) is 0 Å². The van der Waals surface area contributed by atoms with Crippen LogP contribution in [0.15, 0.2) is 10.9 Å². The lowest BCUT2D eigenvalue weighted by Crippen LogP contribution is -2.35. The van der Waals surface area contributed by atoms with Gasteiger partial charge in [-0.25, -0.2) is 4.79 Å². The van der Waals surface area contributed by atoms with Crippen LogP contribution >= 0.6 is 0 Å². The van der Waals surface area contributed by atoms with Crippen molar-refractivity contribution >= 4 is 11.9 Å². The van der Waals surface area contributed by atoms with Crippen molar-refractivity contribution in [3.05, 3.63) is 33.2 Å². The van der Waals surface area contributed by atoms with Crippen LogP contribution in [0, 0.1) is 13.8 Å². The highest BCUT2D eigenvalue weighted by molar-refractivity contribution is 5.92. The molecule has 0 spiro atoms. The largest absolute Gasteiger partial charge is 0.462 e. The molecule has 1 aromatic rings. The molecule has 6 heteroatoms. The van der Waals surface area contributed by atoms with Gasteiger partial charge in [0.1, 0.15) is 6.54 Å². The molecule has 1 N–H and O–H groups in total. The second kappa shape index (κ2) is 6.11. The molecule has 0 atom stereocenters. The van der Waals surface area contributed by atoms with Crippen LogP contribution in [0.25, 0.3) is 0 Å². The van der Waals surface area contributed by atoms with Crippen molar-refractivity contribution in [1.82, 2.24) is 9.88 Å². The number of rotatable bonds is 5. The topological polar surface area (TPSA) is 77.4 Å². The van der Waals surface area contributed by atoms with Gasteiger partial charge in [0.15, 0.2) is 0 Å². The minimum absolute atomic E-state index is 0.0755. The summed E-state index contributed by atoms with van der Waals surface area (Å²) in [6.07, 6.45) is 1.98. The number of aromatic nitrogens is 1. The molecule has 0 aliphatic heterocycles. The monoisotopic (exact) mass is 292 g/mol. The van der Waals surface area contributed by atoms with Crippen LogP contribution in [0.2, 0.25) is 0 Å². The van der Waals surface area contributed by atoms with E-state index >= 15 is 0 Å². The van der Waals surface area contributed by atoms with E-state index in [0.717, 1.165) is 12.8 Å². The van der Waals surface area contributed by atoms with Crippen LogP contribution < -0.4 is 10.9 Å². The SMILES string of the molecule is CCOC(=O)c1c(C)cc(=O)n(CC(=O)NC2CC2)c1C. The maximum Gasteiger partial charge on any atom is 0.340 e. The first-order chi connectivity index (χ1) is 9.93. The molecule has 0 bridgehead atoms. The van der Waals surface area contributed by atoms with Gasteiger partial charge in [0.05, 0.1) is 12.2 Å². The fourth-order valence-electron chi connectivity index (χ4n) is 2.27. The summed E-state index contributed by atoms with van der Waals surface area (Å²) in [5, 5.41) is 2.83. The highest BCUT2D eigenvalue weighted by Crippen LogP contribution is 2.18. The van der Waals surface area contributed by atoms with Gasteiger partial charge < -0.3 is 14.6 Å². The number of carbonyl (C=O) groups excluding carboxylic acids is 2. The van der Waals surface area contributed by atoms with Gasteiger partial charge in [-0.15, -0.1) is 0 Å². The van der Waals surface area contributed by atoms with Crippen LogP contribution in [0.5, 0.6) is 0 Å². The Balaban J connectivity index is 2.31. The number of nitrogens with zero attached hydrogens (tertiary/aromatic N) is 1. The lowest BCUT2D eigenvalue weighted by Gasteiger charge is -2.15. The van der Waals surface area contributed by atoms with E-state index in [1.165, 1.54) is 10.6 Å². The summed E-state index contributed by atoms with van der Waals surface area (Å²) in [5.74, 6) is -0.676. The molecule has 6 nitrogen and oxygen atoms in total. The standard InChI is InChI=1S/C15H20N2O4/c1-4-21-15(20)14-9(2)7-13(19)17(10(14)3)8-12(18)16-11-5-6-11/h7,11H,4-6,8H2,1-3H3,(H,16,18). The number of amides is 1. The Hall–Kier alpha value is -2.11. The molecule has 0 radical (unpaired) electrons. The predicted octanol–water partition coefficient (Wildman–Crippen LogP) is 0.920. The Morgan fingerprint density at radius 3 is 2.62 bits per heavy atom. The molecular weight excluding hydrogens is 272 g/mol. The Bertz CT molecular complexity index is 629. The summed E-state index contributed by atoms with van der Waals surface area (Å²) < 4.78 is 6.33. The Morgan fingerprint density at radius 2 is 2.05 bits per heavy atom. The minimum Gasteiger partial charge on any atom is -0.462 e. The summed E-state index contributed by atoms with van der Waals surface area (Å²) in [6, 6.07) is 1.60. The van der Waals surface area contributed by atoms with E-state index in [-0.39, 0.29) is 30.7 Å². The third-order valence-electron chi connectivity index (χ3n) is 3.49. The zero-order valence-electron chi connectivity index (χ0n) is 12.6. The molecule has 0 aromatic carbocycles. The van der Waals surface area contributed by atoms with E-state index in [2.05, 4.69) is 5.32 Å². The van der Waals surface area contributed by atoms with Crippen LogP contribution in [-0.2, 0) is 16.1 Å². The summed E-state index contributed by atoms with van der Waals surface area (Å²) in [6.45, 7) is 5.26. The normalized spacial score (nSPS) is 13.9. The van der Waals surface area contributed by atoms with E-state index in [1.807, 2.05) is 0 Å². The van der Waals surface area contributed by atoms with Crippen LogP contribution in [0.3, 0.4) is 0 Å². The second-order valence-electron chi connectivity index (χ2n) is 5.27. The van der Waals surface area contributed by atoms with Crippen molar-refractivity contribution in [2.24, 2.45) is 0 Å². The third-order valence-corrected chi connectivity index (χ3v) is 3.49. The highest BCUT2D eigenvalue weighted by atomic mass is 16.5. The van der Waals surface area contributed by atoms with Crippen molar-refractivity contribution in [3.63, 3.8) is 0 Å². The zero-order valence-corrected chi connectivity index (χ0v) is 12.6. The number of aryl methyl sites for hydroxylation is 1. The Labute approximate surface area is 123 Å². The van der Waals surface area contributed by atoms with E-state index in [1.54, 1.807) is 20.8 Å². The molecule has 1 aliphatic rings. The van der Waals surface area contributed by atoms with E-state index < -0.39 is 5.97 Å². The zero-order chi connectivity index (χ0) is 15.6. The second-order valence-corrected chi connectivity index (χ2v) is 5.27. The van der Waals surface area contributed by atoms with E-state index in [4.69, 9.17) is 4.74 Å². The Morgan fingerprint density at radius 1 is 1.38 bits per heavy atom. The number of hydrogen-bond acceptors (Lipinski definition) is 4. The maximum atomic E-state index is 12.1. The molecule has 0 saturated heterocycles. The molecule has 1 fully saturated rings. The molecule has 21 heavy (non-hydrogen) atoms. The van der Waals surface area contributed by atoms with Gasteiger partial charge in [-0.2, -0.15) is 0 Å². The van der Waals surface area contributed by atoms with Gasteiger partial charge in [-0.1, -0.05) is 0 Å². The molecule has 1 aliphatic carbocycles. The summed E-state index contributed by atoms with van der Waals surface area (Å²) in [5.41, 5.74) is 1.10. The van der Waals surface area contributed by atoms with Crippen LogP contribution in [-0.4, -0.2) is 29.1 Å². The molecule has 2 rings (SSSR count). The van der Waals surface area contributed by atoms with Crippen LogP contribution in [0.4, 0.5) is 0 Å². The maximum absolute atomic E-state index is 12.1. The third kappa shape index (κ3) is 3.51. The fraction of sp³-hybridized carbons (Fsp3) is 0.533. The average Bonchev–Trinajstić information content (AvgIpc) is 3.18. The quantitative estimate of drug-likeness (QED) is 0.819. The van der Waals surface area contributed by atoms with Gasteiger partial charge in [0.2, 0.25) is 5.91 Å². The number of nitrogens with one attached hydrogen (secondary N) is 1. The van der Waals surface area contributed by atoms with Crippen molar-refractivity contribution in [2.45, 2.75) is 46.2 Å².